The van der Waals surface area contributed by atoms with Gasteiger partial charge in [-0.1, -0.05) is 43.3 Å². The van der Waals surface area contributed by atoms with Gasteiger partial charge in [-0.2, -0.15) is 0 Å². The Morgan fingerprint density at radius 2 is 1.92 bits per heavy atom. The van der Waals surface area contributed by atoms with Crippen molar-refractivity contribution < 1.29 is 9.59 Å². The largest absolute Gasteiger partial charge is 0.338 e. The first-order valence-corrected chi connectivity index (χ1v) is 10.1. The highest BCUT2D eigenvalue weighted by Crippen LogP contribution is 2.23. The Bertz CT molecular complexity index is 777. The molecule has 136 valence electrons. The first kappa shape index (κ1) is 18.5. The van der Waals surface area contributed by atoms with Gasteiger partial charge in [0, 0.05) is 31.0 Å². The van der Waals surface area contributed by atoms with Crippen LogP contribution in [0.25, 0.3) is 0 Å². The molecule has 0 spiro atoms. The summed E-state index contributed by atoms with van der Waals surface area (Å²) in [5, 5.41) is 2.97. The smallest absolute Gasteiger partial charge is 0.234 e. The minimum atomic E-state index is 0.00295. The summed E-state index contributed by atoms with van der Waals surface area (Å²) in [6, 6.07) is 16.2. The highest BCUT2D eigenvalue weighted by Gasteiger charge is 2.19. The van der Waals surface area contributed by atoms with Crippen molar-refractivity contribution in [2.45, 2.75) is 32.1 Å². The van der Waals surface area contributed by atoms with Gasteiger partial charge in [-0.3, -0.25) is 9.59 Å². The third-order valence-corrected chi connectivity index (χ3v) is 5.51. The number of carbonyl (C=O) groups excluding carboxylic acids is 2. The Kier molecular flexibility index (Phi) is 6.34. The van der Waals surface area contributed by atoms with E-state index in [0.717, 1.165) is 30.0 Å². The maximum absolute atomic E-state index is 12.2. The lowest BCUT2D eigenvalue weighted by atomic mass is 9.99. The molecule has 0 aliphatic carbocycles. The topological polar surface area (TPSA) is 49.4 Å². The molecule has 5 heteroatoms. The van der Waals surface area contributed by atoms with Crippen LogP contribution >= 0.6 is 11.8 Å². The number of hydrogen-bond donors (Lipinski definition) is 1. The van der Waals surface area contributed by atoms with Crippen molar-refractivity contribution in [2.24, 2.45) is 0 Å². The zero-order valence-corrected chi connectivity index (χ0v) is 15.8. The Balaban J connectivity index is 1.53. The van der Waals surface area contributed by atoms with E-state index in [2.05, 4.69) is 23.5 Å². The summed E-state index contributed by atoms with van der Waals surface area (Å²) in [5.74, 6) is 1.43. The van der Waals surface area contributed by atoms with Crippen LogP contribution < -0.4 is 5.32 Å². The lowest BCUT2D eigenvalue weighted by molar-refractivity contribution is -0.131. The molecule has 0 radical (unpaired) electrons. The number of carbonyl (C=O) groups is 2. The highest BCUT2D eigenvalue weighted by molar-refractivity contribution is 7.99. The lowest BCUT2D eigenvalue weighted by Gasteiger charge is -2.29. The average molecular weight is 369 g/mol. The molecule has 2 amide bonds. The molecule has 0 aromatic heterocycles. The summed E-state index contributed by atoms with van der Waals surface area (Å²) in [5.41, 5.74) is 4.43. The molecular weight excluding hydrogens is 344 g/mol. The van der Waals surface area contributed by atoms with Gasteiger partial charge < -0.3 is 10.2 Å². The summed E-state index contributed by atoms with van der Waals surface area (Å²) in [7, 11) is 0. The Morgan fingerprint density at radius 3 is 2.69 bits per heavy atom. The summed E-state index contributed by atoms with van der Waals surface area (Å²) in [6.07, 6.45) is 1.41. The summed E-state index contributed by atoms with van der Waals surface area (Å²) in [4.78, 5) is 26.0. The fourth-order valence-electron chi connectivity index (χ4n) is 3.10. The van der Waals surface area contributed by atoms with Gasteiger partial charge in [0.2, 0.25) is 11.8 Å². The van der Waals surface area contributed by atoms with Gasteiger partial charge >= 0.3 is 0 Å². The maximum atomic E-state index is 12.2. The fourth-order valence-corrected chi connectivity index (χ4v) is 3.89. The van der Waals surface area contributed by atoms with Crippen LogP contribution in [0.15, 0.2) is 48.5 Å². The number of fused-ring (bicyclic) bond motifs is 1. The van der Waals surface area contributed by atoms with E-state index in [0.29, 0.717) is 18.7 Å². The number of nitrogens with one attached hydrogen (secondary N) is 1. The third-order valence-electron chi connectivity index (χ3n) is 4.50. The molecule has 1 N–H and O–H groups in total. The molecule has 2 aromatic carbocycles. The minimum absolute atomic E-state index is 0.00295. The molecule has 1 aliphatic rings. The minimum Gasteiger partial charge on any atom is -0.338 e. The van der Waals surface area contributed by atoms with Crippen LogP contribution in [0, 0.1) is 0 Å². The molecule has 0 fully saturated rings. The predicted octanol–water partition coefficient (Wildman–Crippen LogP) is 3.85. The van der Waals surface area contributed by atoms with E-state index in [1.807, 2.05) is 42.2 Å². The second-order valence-corrected chi connectivity index (χ2v) is 7.41. The molecular formula is C21H24N2O2S. The number of anilines is 1. The molecule has 4 nitrogen and oxygen atoms in total. The van der Waals surface area contributed by atoms with Gasteiger partial charge in [0.05, 0.1) is 5.75 Å². The van der Waals surface area contributed by atoms with Crippen molar-refractivity contribution in [1.29, 1.82) is 0 Å². The number of amides is 2. The van der Waals surface area contributed by atoms with E-state index in [1.54, 1.807) is 11.8 Å². The number of nitrogens with zero attached hydrogens (tertiary/aromatic N) is 1. The summed E-state index contributed by atoms with van der Waals surface area (Å²) < 4.78 is 0. The molecule has 0 saturated heterocycles. The van der Waals surface area contributed by atoms with Gasteiger partial charge in [0.15, 0.2) is 0 Å². The predicted molar refractivity (Wildman–Crippen MR) is 107 cm³/mol. The normalized spacial score (nSPS) is 13.2. The van der Waals surface area contributed by atoms with Crippen molar-refractivity contribution >= 4 is 29.3 Å². The molecule has 0 saturated carbocycles. The van der Waals surface area contributed by atoms with Crippen LogP contribution in [0.5, 0.6) is 0 Å². The van der Waals surface area contributed by atoms with Crippen molar-refractivity contribution in [3.63, 3.8) is 0 Å². The molecule has 0 atom stereocenters. The Morgan fingerprint density at radius 1 is 1.12 bits per heavy atom. The molecule has 0 unspecified atom stereocenters. The zero-order valence-electron chi connectivity index (χ0n) is 15.0. The molecule has 0 bridgehead atoms. The van der Waals surface area contributed by atoms with Gasteiger partial charge in [-0.15, -0.1) is 11.8 Å². The molecule has 1 heterocycles. The number of thioether (sulfide) groups is 1. The van der Waals surface area contributed by atoms with Crippen LogP contribution in [0.3, 0.4) is 0 Å². The first-order valence-electron chi connectivity index (χ1n) is 8.97. The summed E-state index contributed by atoms with van der Waals surface area (Å²) >= 11 is 1.60. The van der Waals surface area contributed by atoms with Crippen LogP contribution in [-0.2, 0) is 28.3 Å². The quantitative estimate of drug-likeness (QED) is 0.842. The molecule has 1 aliphatic heterocycles. The van der Waals surface area contributed by atoms with E-state index in [9.17, 15) is 9.59 Å². The van der Waals surface area contributed by atoms with Gasteiger partial charge in [-0.05, 0) is 35.2 Å². The second-order valence-electron chi connectivity index (χ2n) is 6.43. The first-order chi connectivity index (χ1) is 12.7. The molecule has 2 aromatic rings. The third kappa shape index (κ3) is 4.88. The van der Waals surface area contributed by atoms with Crippen molar-refractivity contribution in [2.75, 3.05) is 17.6 Å². The second kappa shape index (κ2) is 8.90. The van der Waals surface area contributed by atoms with Gasteiger partial charge in [-0.25, -0.2) is 0 Å². The van der Waals surface area contributed by atoms with E-state index < -0.39 is 0 Å². The number of rotatable bonds is 6. The van der Waals surface area contributed by atoms with Crippen LogP contribution in [0.2, 0.25) is 0 Å². The van der Waals surface area contributed by atoms with E-state index in [1.165, 1.54) is 11.1 Å². The standard InChI is InChI=1S/C21H24N2O2S/c1-2-21(25)23-11-10-17-8-9-19(12-18(17)13-23)22-20(24)15-26-14-16-6-4-3-5-7-16/h3-9,12H,2,10-11,13-15H2,1H3,(H,22,24). The van der Waals surface area contributed by atoms with Crippen LogP contribution in [0.4, 0.5) is 5.69 Å². The van der Waals surface area contributed by atoms with Gasteiger partial charge in [0.1, 0.15) is 0 Å². The van der Waals surface area contributed by atoms with Crippen LogP contribution in [-0.4, -0.2) is 29.0 Å². The molecule has 26 heavy (non-hydrogen) atoms. The van der Waals surface area contributed by atoms with Gasteiger partial charge in [0.25, 0.3) is 0 Å². The number of hydrogen-bond acceptors (Lipinski definition) is 3. The average Bonchev–Trinajstić information content (AvgIpc) is 2.67. The van der Waals surface area contributed by atoms with E-state index >= 15 is 0 Å². The fraction of sp³-hybridized carbons (Fsp3) is 0.333. The van der Waals surface area contributed by atoms with E-state index in [-0.39, 0.29) is 11.8 Å². The van der Waals surface area contributed by atoms with Crippen molar-refractivity contribution in [3.8, 4) is 0 Å². The Hall–Kier alpha value is -2.27. The van der Waals surface area contributed by atoms with Crippen molar-refractivity contribution in [3.05, 3.63) is 65.2 Å². The monoisotopic (exact) mass is 368 g/mol. The SMILES string of the molecule is CCC(=O)N1CCc2ccc(NC(=O)CSCc3ccccc3)cc2C1. The Labute approximate surface area is 159 Å². The van der Waals surface area contributed by atoms with Crippen molar-refractivity contribution in [1.82, 2.24) is 4.90 Å². The highest BCUT2D eigenvalue weighted by atomic mass is 32.2. The maximum Gasteiger partial charge on any atom is 0.234 e. The summed E-state index contributed by atoms with van der Waals surface area (Å²) in [6.45, 7) is 3.30. The van der Waals surface area contributed by atoms with Crippen LogP contribution in [0.1, 0.15) is 30.0 Å². The van der Waals surface area contributed by atoms with E-state index in [4.69, 9.17) is 0 Å². The zero-order chi connectivity index (χ0) is 18.4. The molecule has 3 rings (SSSR count). The number of benzene rings is 2. The lowest BCUT2D eigenvalue weighted by Crippen LogP contribution is -2.35.